The van der Waals surface area contributed by atoms with Crippen molar-refractivity contribution < 1.29 is 14.3 Å². The van der Waals surface area contributed by atoms with Gasteiger partial charge in [0.25, 0.3) is 5.17 Å². The number of nitrogens with zero attached hydrogens (tertiary/aromatic N) is 1. The van der Waals surface area contributed by atoms with Gasteiger partial charge in [-0.3, -0.25) is 5.43 Å². The Morgan fingerprint density at radius 3 is 2.48 bits per heavy atom. The molecule has 126 valence electrons. The smallest absolute Gasteiger partial charge is 0.404 e. The molecule has 0 aliphatic carbocycles. The summed E-state index contributed by atoms with van der Waals surface area (Å²) in [6, 6.07) is 9.70. The van der Waals surface area contributed by atoms with Gasteiger partial charge < -0.3 is 15.2 Å². The van der Waals surface area contributed by atoms with E-state index in [1.807, 2.05) is 30.3 Å². The molecule has 1 amide bonds. The average molecular weight is 337 g/mol. The summed E-state index contributed by atoms with van der Waals surface area (Å²) in [5, 5.41) is 2.41. The largest absolute Gasteiger partial charge is 0.469 e. The van der Waals surface area contributed by atoms with Crippen molar-refractivity contribution >= 4 is 23.5 Å². The number of nitrogens with two attached hydrogens (primary N) is 1. The first-order valence-corrected chi connectivity index (χ1v) is 8.21. The summed E-state index contributed by atoms with van der Waals surface area (Å²) in [5.41, 5.74) is 9.16. The van der Waals surface area contributed by atoms with Crippen molar-refractivity contribution in [2.45, 2.75) is 25.2 Å². The van der Waals surface area contributed by atoms with E-state index in [2.05, 4.69) is 10.4 Å². The number of hydrazine groups is 1. The fraction of sp³-hybridized carbons (Fsp3) is 0.500. The van der Waals surface area contributed by atoms with Gasteiger partial charge >= 0.3 is 6.09 Å². The number of carbonyl (C=O) groups is 1. The minimum atomic E-state index is -0.792. The van der Waals surface area contributed by atoms with Crippen LogP contribution >= 0.6 is 12.2 Å². The van der Waals surface area contributed by atoms with Crippen LogP contribution in [-0.4, -0.2) is 42.6 Å². The van der Waals surface area contributed by atoms with E-state index in [1.54, 1.807) is 0 Å². The molecule has 7 heteroatoms. The Bertz CT molecular complexity index is 507. The summed E-state index contributed by atoms with van der Waals surface area (Å²) < 4.78 is 10.6. The second kappa shape index (κ2) is 9.32. The van der Waals surface area contributed by atoms with Crippen LogP contribution in [0.3, 0.4) is 0 Å². The first-order valence-electron chi connectivity index (χ1n) is 7.80. The highest BCUT2D eigenvalue weighted by Crippen LogP contribution is 2.17. The van der Waals surface area contributed by atoms with E-state index in [1.165, 1.54) is 6.42 Å². The number of amides is 1. The highest BCUT2D eigenvalue weighted by Gasteiger charge is 2.17. The SMILES string of the molecule is NC(=O)OCC(COC(=S)NN1CCCCC1)c1ccccc1. The minimum Gasteiger partial charge on any atom is -0.469 e. The van der Waals surface area contributed by atoms with Gasteiger partial charge in [0.1, 0.15) is 13.2 Å². The molecule has 6 nitrogen and oxygen atoms in total. The maximum atomic E-state index is 10.9. The maximum absolute atomic E-state index is 10.9. The van der Waals surface area contributed by atoms with Crippen LogP contribution in [0, 0.1) is 0 Å². The van der Waals surface area contributed by atoms with Gasteiger partial charge in [0.2, 0.25) is 0 Å². The molecular formula is C16H23N3O3S. The van der Waals surface area contributed by atoms with Crippen molar-refractivity contribution in [3.63, 3.8) is 0 Å². The van der Waals surface area contributed by atoms with E-state index >= 15 is 0 Å². The standard InChI is InChI=1S/C16H23N3O3S/c17-15(20)21-11-14(13-7-3-1-4-8-13)12-22-16(23)18-19-9-5-2-6-10-19/h1,3-4,7-8,14H,2,5-6,9-12H2,(H2,17,20)(H,18,23). The van der Waals surface area contributed by atoms with Crippen molar-refractivity contribution in [1.29, 1.82) is 0 Å². The molecule has 1 heterocycles. The number of hydrogen-bond acceptors (Lipinski definition) is 5. The molecular weight excluding hydrogens is 314 g/mol. The second-order valence-corrected chi connectivity index (χ2v) is 5.87. The van der Waals surface area contributed by atoms with E-state index in [9.17, 15) is 4.79 Å². The van der Waals surface area contributed by atoms with Gasteiger partial charge in [-0.15, -0.1) is 0 Å². The van der Waals surface area contributed by atoms with E-state index in [0.29, 0.717) is 11.8 Å². The first kappa shape index (κ1) is 17.5. The Balaban J connectivity index is 1.84. The number of thiocarbonyl (C=S) groups is 1. The number of rotatable bonds is 6. The highest BCUT2D eigenvalue weighted by atomic mass is 32.1. The van der Waals surface area contributed by atoms with Crippen molar-refractivity contribution in [3.8, 4) is 0 Å². The fourth-order valence-corrected chi connectivity index (χ4v) is 2.69. The van der Waals surface area contributed by atoms with Gasteiger partial charge in [-0.2, -0.15) is 0 Å². The molecule has 1 saturated heterocycles. The van der Waals surface area contributed by atoms with Crippen LogP contribution in [0.25, 0.3) is 0 Å². The molecule has 1 aromatic carbocycles. The Kier molecular flexibility index (Phi) is 7.09. The summed E-state index contributed by atoms with van der Waals surface area (Å²) >= 11 is 5.23. The van der Waals surface area contributed by atoms with Gasteiger partial charge in [-0.05, 0) is 30.6 Å². The zero-order valence-electron chi connectivity index (χ0n) is 13.1. The molecule has 1 aromatic rings. The zero-order chi connectivity index (χ0) is 16.5. The number of nitrogens with one attached hydrogen (secondary N) is 1. The Hall–Kier alpha value is -1.86. The lowest BCUT2D eigenvalue weighted by molar-refractivity contribution is 0.128. The number of primary amides is 1. The van der Waals surface area contributed by atoms with Crippen LogP contribution in [0.5, 0.6) is 0 Å². The Labute approximate surface area is 141 Å². The number of ether oxygens (including phenoxy) is 2. The molecule has 0 saturated carbocycles. The molecule has 2 rings (SSSR count). The van der Waals surface area contributed by atoms with Gasteiger partial charge in [0, 0.05) is 13.1 Å². The van der Waals surface area contributed by atoms with Crippen molar-refractivity contribution in [2.24, 2.45) is 5.73 Å². The van der Waals surface area contributed by atoms with Crippen LogP contribution in [0.4, 0.5) is 4.79 Å². The maximum Gasteiger partial charge on any atom is 0.404 e. The number of hydrogen-bond donors (Lipinski definition) is 2. The lowest BCUT2D eigenvalue weighted by Crippen LogP contribution is -2.45. The van der Waals surface area contributed by atoms with Crippen LogP contribution in [0.1, 0.15) is 30.7 Å². The number of benzene rings is 1. The van der Waals surface area contributed by atoms with Crippen molar-refractivity contribution in [2.75, 3.05) is 26.3 Å². The van der Waals surface area contributed by atoms with Gasteiger partial charge in [0.05, 0.1) is 5.92 Å². The van der Waals surface area contributed by atoms with Crippen LogP contribution in [0.15, 0.2) is 30.3 Å². The molecule has 1 fully saturated rings. The second-order valence-electron chi connectivity index (χ2n) is 5.50. The summed E-state index contributed by atoms with van der Waals surface area (Å²) in [7, 11) is 0. The molecule has 1 aliphatic heterocycles. The molecule has 0 aromatic heterocycles. The van der Waals surface area contributed by atoms with Crippen LogP contribution in [-0.2, 0) is 9.47 Å². The van der Waals surface area contributed by atoms with Crippen molar-refractivity contribution in [3.05, 3.63) is 35.9 Å². The highest BCUT2D eigenvalue weighted by molar-refractivity contribution is 7.80. The fourth-order valence-electron chi connectivity index (χ4n) is 2.49. The van der Waals surface area contributed by atoms with E-state index < -0.39 is 6.09 Å². The molecule has 1 aliphatic rings. The average Bonchev–Trinajstić information content (AvgIpc) is 2.56. The van der Waals surface area contributed by atoms with Gasteiger partial charge in [-0.25, -0.2) is 9.80 Å². The van der Waals surface area contributed by atoms with Gasteiger partial charge in [-0.1, -0.05) is 36.8 Å². The lowest BCUT2D eigenvalue weighted by Gasteiger charge is -2.28. The molecule has 1 unspecified atom stereocenters. The molecule has 0 spiro atoms. The summed E-state index contributed by atoms with van der Waals surface area (Å²) in [4.78, 5) is 10.9. The molecule has 0 bridgehead atoms. The predicted molar refractivity (Wildman–Crippen MR) is 91.8 cm³/mol. The van der Waals surface area contributed by atoms with E-state index in [-0.39, 0.29) is 12.5 Å². The topological polar surface area (TPSA) is 76.8 Å². The molecule has 3 N–H and O–H groups in total. The Morgan fingerprint density at radius 1 is 1.17 bits per heavy atom. The van der Waals surface area contributed by atoms with Crippen LogP contribution < -0.4 is 11.2 Å². The third kappa shape index (κ3) is 6.42. The summed E-state index contributed by atoms with van der Waals surface area (Å²) in [5.74, 6) is -0.121. The summed E-state index contributed by atoms with van der Waals surface area (Å²) in [6.45, 7) is 2.41. The monoisotopic (exact) mass is 337 g/mol. The molecule has 23 heavy (non-hydrogen) atoms. The lowest BCUT2D eigenvalue weighted by atomic mass is 10.0. The zero-order valence-corrected chi connectivity index (χ0v) is 13.9. The molecule has 0 radical (unpaired) electrons. The van der Waals surface area contributed by atoms with E-state index in [0.717, 1.165) is 31.5 Å². The number of piperidine rings is 1. The van der Waals surface area contributed by atoms with Gasteiger partial charge in [0.15, 0.2) is 0 Å². The van der Waals surface area contributed by atoms with Crippen LogP contribution in [0.2, 0.25) is 0 Å². The van der Waals surface area contributed by atoms with E-state index in [4.69, 9.17) is 27.4 Å². The predicted octanol–water partition coefficient (Wildman–Crippen LogP) is 2.16. The summed E-state index contributed by atoms with van der Waals surface area (Å²) in [6.07, 6.45) is 2.79. The number of carbonyl (C=O) groups excluding carboxylic acids is 1. The third-order valence-electron chi connectivity index (χ3n) is 3.72. The first-order chi connectivity index (χ1) is 11.1. The molecule has 1 atom stereocenters. The Morgan fingerprint density at radius 2 is 1.83 bits per heavy atom. The minimum absolute atomic E-state index is 0.121. The quantitative estimate of drug-likeness (QED) is 0.775. The third-order valence-corrected chi connectivity index (χ3v) is 3.93. The van der Waals surface area contributed by atoms with Crippen molar-refractivity contribution in [1.82, 2.24) is 10.4 Å². The normalized spacial score (nSPS) is 16.3.